The van der Waals surface area contributed by atoms with Crippen molar-refractivity contribution >= 4 is 35.6 Å². The van der Waals surface area contributed by atoms with Gasteiger partial charge in [-0.1, -0.05) is 0 Å². The number of furan rings is 1. The predicted octanol–water partition coefficient (Wildman–Crippen LogP) is 3.59. The minimum absolute atomic E-state index is 0. The molecule has 1 heterocycles. The molecule has 0 saturated carbocycles. The summed E-state index contributed by atoms with van der Waals surface area (Å²) in [6.07, 6.45) is 1.53. The van der Waals surface area contributed by atoms with Gasteiger partial charge in [-0.15, -0.1) is 24.0 Å². The van der Waals surface area contributed by atoms with Crippen molar-refractivity contribution in [2.24, 2.45) is 4.99 Å². The molecule has 1 unspecified atom stereocenters. The number of benzene rings is 1. The summed E-state index contributed by atoms with van der Waals surface area (Å²) in [5.41, 5.74) is -0.394. The van der Waals surface area contributed by atoms with Crippen LogP contribution in [-0.2, 0) is 5.60 Å². The number of aliphatic hydroxyl groups is 1. The molecular weight excluding hydrogens is 461 g/mol. The minimum Gasteiger partial charge on any atom is -0.493 e. The SMILES string of the molecule is CCNC(=NCC(C)(O)c1ccco1)Nc1ccc(OC)c(OCC)c1.I. The van der Waals surface area contributed by atoms with E-state index in [2.05, 4.69) is 15.6 Å². The van der Waals surface area contributed by atoms with Crippen molar-refractivity contribution in [2.45, 2.75) is 26.4 Å². The molecule has 1 aromatic carbocycles. The highest BCUT2D eigenvalue weighted by atomic mass is 127. The molecule has 27 heavy (non-hydrogen) atoms. The first kappa shape index (κ1) is 23.1. The van der Waals surface area contributed by atoms with Crippen LogP contribution in [-0.4, -0.2) is 37.9 Å². The average molecular weight is 489 g/mol. The number of ether oxygens (including phenoxy) is 2. The lowest BCUT2D eigenvalue weighted by Crippen LogP contribution is -2.33. The van der Waals surface area contributed by atoms with Crippen LogP contribution >= 0.6 is 24.0 Å². The second-order valence-electron chi connectivity index (χ2n) is 5.87. The van der Waals surface area contributed by atoms with E-state index in [0.717, 1.165) is 5.69 Å². The fraction of sp³-hybridized carbons (Fsp3) is 0.421. The van der Waals surface area contributed by atoms with Crippen molar-refractivity contribution < 1.29 is 19.0 Å². The molecule has 0 fully saturated rings. The number of methoxy groups -OCH3 is 1. The topological polar surface area (TPSA) is 88.3 Å². The summed E-state index contributed by atoms with van der Waals surface area (Å²) in [4.78, 5) is 4.47. The lowest BCUT2D eigenvalue weighted by molar-refractivity contribution is 0.0438. The Morgan fingerprint density at radius 2 is 2.04 bits per heavy atom. The molecule has 0 spiro atoms. The van der Waals surface area contributed by atoms with Gasteiger partial charge < -0.3 is 29.6 Å². The van der Waals surface area contributed by atoms with E-state index in [1.807, 2.05) is 32.0 Å². The van der Waals surface area contributed by atoms with Gasteiger partial charge in [0.05, 0.1) is 26.5 Å². The Balaban J connectivity index is 0.00000364. The quantitative estimate of drug-likeness (QED) is 0.299. The number of rotatable bonds is 8. The van der Waals surface area contributed by atoms with Crippen molar-refractivity contribution in [3.63, 3.8) is 0 Å². The molecule has 2 aromatic rings. The molecule has 150 valence electrons. The Labute approximate surface area is 177 Å². The zero-order valence-electron chi connectivity index (χ0n) is 16.1. The molecule has 0 aliphatic carbocycles. The van der Waals surface area contributed by atoms with Crippen LogP contribution in [0.5, 0.6) is 11.5 Å². The zero-order chi connectivity index (χ0) is 19.0. The van der Waals surface area contributed by atoms with E-state index in [4.69, 9.17) is 13.9 Å². The lowest BCUT2D eigenvalue weighted by Gasteiger charge is -2.20. The first-order chi connectivity index (χ1) is 12.5. The molecule has 2 rings (SSSR count). The van der Waals surface area contributed by atoms with Gasteiger partial charge in [-0.3, -0.25) is 0 Å². The lowest BCUT2D eigenvalue weighted by atomic mass is 10.0. The van der Waals surface area contributed by atoms with Gasteiger partial charge in [0, 0.05) is 18.3 Å². The van der Waals surface area contributed by atoms with E-state index < -0.39 is 5.60 Å². The number of hydrogen-bond acceptors (Lipinski definition) is 5. The number of halogens is 1. The second-order valence-corrected chi connectivity index (χ2v) is 5.87. The molecule has 0 saturated heterocycles. The maximum absolute atomic E-state index is 10.5. The molecule has 0 aliphatic rings. The van der Waals surface area contributed by atoms with Crippen LogP contribution in [0.15, 0.2) is 46.0 Å². The number of anilines is 1. The largest absolute Gasteiger partial charge is 0.493 e. The van der Waals surface area contributed by atoms with Gasteiger partial charge in [-0.05, 0) is 45.0 Å². The van der Waals surface area contributed by atoms with Crippen LogP contribution in [0.2, 0.25) is 0 Å². The monoisotopic (exact) mass is 489 g/mol. The first-order valence-electron chi connectivity index (χ1n) is 8.62. The minimum atomic E-state index is -1.19. The molecule has 8 heteroatoms. The highest BCUT2D eigenvalue weighted by Crippen LogP contribution is 2.30. The highest BCUT2D eigenvalue weighted by Gasteiger charge is 2.26. The van der Waals surface area contributed by atoms with Gasteiger partial charge in [0.25, 0.3) is 0 Å². The number of guanidine groups is 1. The predicted molar refractivity (Wildman–Crippen MR) is 117 cm³/mol. The van der Waals surface area contributed by atoms with Crippen molar-refractivity contribution in [3.05, 3.63) is 42.4 Å². The summed E-state index contributed by atoms with van der Waals surface area (Å²) < 4.78 is 16.2. The maximum atomic E-state index is 10.5. The van der Waals surface area contributed by atoms with Crippen LogP contribution in [0.25, 0.3) is 0 Å². The molecular formula is C19H28IN3O4. The van der Waals surface area contributed by atoms with Crippen molar-refractivity contribution in [2.75, 3.05) is 32.1 Å². The Morgan fingerprint density at radius 3 is 2.63 bits per heavy atom. The van der Waals surface area contributed by atoms with E-state index in [1.165, 1.54) is 6.26 Å². The normalized spacial score (nSPS) is 13.3. The van der Waals surface area contributed by atoms with E-state index in [-0.39, 0.29) is 30.5 Å². The number of aliphatic imine (C=N–C) groups is 1. The Kier molecular flexibility index (Phi) is 9.44. The van der Waals surface area contributed by atoms with Crippen molar-refractivity contribution in [1.29, 1.82) is 0 Å². The maximum Gasteiger partial charge on any atom is 0.195 e. The smallest absolute Gasteiger partial charge is 0.195 e. The van der Waals surface area contributed by atoms with E-state index in [9.17, 15) is 5.11 Å². The van der Waals surface area contributed by atoms with E-state index in [0.29, 0.717) is 36.4 Å². The number of hydrogen-bond donors (Lipinski definition) is 3. The van der Waals surface area contributed by atoms with Gasteiger partial charge >= 0.3 is 0 Å². The summed E-state index contributed by atoms with van der Waals surface area (Å²) in [5.74, 6) is 2.34. The second kappa shape index (κ2) is 11.0. The highest BCUT2D eigenvalue weighted by molar-refractivity contribution is 14.0. The third kappa shape index (κ3) is 6.62. The molecule has 0 bridgehead atoms. The van der Waals surface area contributed by atoms with Crippen LogP contribution in [0.4, 0.5) is 5.69 Å². The summed E-state index contributed by atoms with van der Waals surface area (Å²) in [7, 11) is 1.60. The van der Waals surface area contributed by atoms with Crippen LogP contribution < -0.4 is 20.1 Å². The van der Waals surface area contributed by atoms with Crippen molar-refractivity contribution in [1.82, 2.24) is 5.32 Å². The molecule has 1 aromatic heterocycles. The molecule has 1 atom stereocenters. The summed E-state index contributed by atoms with van der Waals surface area (Å²) in [6, 6.07) is 9.02. The zero-order valence-corrected chi connectivity index (χ0v) is 18.4. The Morgan fingerprint density at radius 1 is 1.26 bits per heavy atom. The molecule has 0 amide bonds. The summed E-state index contributed by atoms with van der Waals surface area (Å²) in [5, 5.41) is 16.9. The summed E-state index contributed by atoms with van der Waals surface area (Å²) in [6.45, 7) is 6.93. The Hall–Kier alpha value is -1.94. The van der Waals surface area contributed by atoms with Crippen LogP contribution in [0, 0.1) is 0 Å². The molecule has 0 radical (unpaired) electrons. The number of nitrogens with zero attached hydrogens (tertiary/aromatic N) is 1. The number of nitrogens with one attached hydrogen (secondary N) is 2. The fourth-order valence-electron chi connectivity index (χ4n) is 2.36. The third-order valence-electron chi connectivity index (χ3n) is 3.67. The first-order valence-corrected chi connectivity index (χ1v) is 8.62. The van der Waals surface area contributed by atoms with Gasteiger partial charge in [0.15, 0.2) is 17.5 Å². The van der Waals surface area contributed by atoms with Crippen LogP contribution in [0.1, 0.15) is 26.5 Å². The van der Waals surface area contributed by atoms with Gasteiger partial charge in [-0.25, -0.2) is 4.99 Å². The van der Waals surface area contributed by atoms with Crippen LogP contribution in [0.3, 0.4) is 0 Å². The molecule has 0 aliphatic heterocycles. The average Bonchev–Trinajstić information content (AvgIpc) is 3.16. The molecule has 3 N–H and O–H groups in total. The standard InChI is InChI=1S/C19H27N3O4.HI/c1-5-20-18(21-13-19(3,23)17-8-7-11-26-17)22-14-9-10-15(24-4)16(12-14)25-6-2;/h7-12,23H,5-6,13H2,1-4H3,(H2,20,21,22);1H. The van der Waals surface area contributed by atoms with E-state index in [1.54, 1.807) is 26.2 Å². The van der Waals surface area contributed by atoms with E-state index >= 15 is 0 Å². The van der Waals surface area contributed by atoms with Gasteiger partial charge in [0.1, 0.15) is 11.4 Å². The Bertz CT molecular complexity index is 718. The molecule has 7 nitrogen and oxygen atoms in total. The third-order valence-corrected chi connectivity index (χ3v) is 3.67. The van der Waals surface area contributed by atoms with Crippen molar-refractivity contribution in [3.8, 4) is 11.5 Å². The summed E-state index contributed by atoms with van der Waals surface area (Å²) >= 11 is 0. The van der Waals surface area contributed by atoms with Gasteiger partial charge in [0.2, 0.25) is 0 Å². The fourth-order valence-corrected chi connectivity index (χ4v) is 2.36. The van der Waals surface area contributed by atoms with Gasteiger partial charge in [-0.2, -0.15) is 0 Å².